The first kappa shape index (κ1) is 15.8. The highest BCUT2D eigenvalue weighted by Gasteiger charge is 2.26. The minimum atomic E-state index is 0.0590. The van der Waals surface area contributed by atoms with E-state index < -0.39 is 0 Å². The molecular formula is C23H20N4O. The number of hydrogen-bond donors (Lipinski definition) is 0. The number of aromatic nitrogens is 4. The van der Waals surface area contributed by atoms with Gasteiger partial charge in [-0.25, -0.2) is 4.79 Å². The van der Waals surface area contributed by atoms with Gasteiger partial charge in [-0.15, -0.1) is 0 Å². The number of rotatable bonds is 2. The van der Waals surface area contributed by atoms with Gasteiger partial charge < -0.3 is 0 Å². The summed E-state index contributed by atoms with van der Waals surface area (Å²) in [6.07, 6.45) is 12.3. The SMILES string of the molecule is Cn1c(=O)n(C2CCC2)c2c3cc(-c4cnc5c(c4)C=CC5)ccc3ncc21. The van der Waals surface area contributed by atoms with Gasteiger partial charge in [0.25, 0.3) is 0 Å². The summed E-state index contributed by atoms with van der Waals surface area (Å²) in [6.45, 7) is 0. The lowest BCUT2D eigenvalue weighted by molar-refractivity contribution is 0.312. The van der Waals surface area contributed by atoms with Crippen LogP contribution >= 0.6 is 0 Å². The second-order valence-corrected chi connectivity index (χ2v) is 7.89. The van der Waals surface area contributed by atoms with Crippen LogP contribution in [-0.4, -0.2) is 19.1 Å². The van der Waals surface area contributed by atoms with Crippen LogP contribution in [0.3, 0.4) is 0 Å². The fraction of sp³-hybridized carbons (Fsp3) is 0.261. The molecule has 1 saturated carbocycles. The minimum absolute atomic E-state index is 0.0590. The van der Waals surface area contributed by atoms with Crippen LogP contribution in [0, 0.1) is 0 Å². The molecule has 0 bridgehead atoms. The first-order chi connectivity index (χ1) is 13.7. The molecule has 5 heteroatoms. The molecule has 1 aromatic carbocycles. The Morgan fingerprint density at radius 2 is 1.96 bits per heavy atom. The van der Waals surface area contributed by atoms with Crippen LogP contribution in [0.1, 0.15) is 36.6 Å². The molecule has 5 nitrogen and oxygen atoms in total. The van der Waals surface area contributed by atoms with Crippen LogP contribution < -0.4 is 5.69 Å². The molecule has 4 aromatic rings. The van der Waals surface area contributed by atoms with Gasteiger partial charge in [0.05, 0.1) is 28.4 Å². The van der Waals surface area contributed by atoms with Crippen molar-refractivity contribution in [3.63, 3.8) is 0 Å². The van der Waals surface area contributed by atoms with Crippen molar-refractivity contribution in [1.29, 1.82) is 0 Å². The summed E-state index contributed by atoms with van der Waals surface area (Å²) in [5, 5.41) is 1.04. The Bertz CT molecular complexity index is 1350. The van der Waals surface area contributed by atoms with Gasteiger partial charge in [0, 0.05) is 36.7 Å². The van der Waals surface area contributed by atoms with Crippen molar-refractivity contribution in [3.05, 3.63) is 64.5 Å². The number of fused-ring (bicyclic) bond motifs is 4. The number of hydrogen-bond acceptors (Lipinski definition) is 3. The van der Waals surface area contributed by atoms with Crippen molar-refractivity contribution in [2.24, 2.45) is 7.05 Å². The van der Waals surface area contributed by atoms with E-state index in [2.05, 4.69) is 46.4 Å². The largest absolute Gasteiger partial charge is 0.329 e. The molecule has 0 atom stereocenters. The Kier molecular flexibility index (Phi) is 3.19. The maximum atomic E-state index is 12.9. The third-order valence-corrected chi connectivity index (χ3v) is 6.30. The van der Waals surface area contributed by atoms with Crippen molar-refractivity contribution in [3.8, 4) is 11.1 Å². The summed E-state index contributed by atoms with van der Waals surface area (Å²) in [4.78, 5) is 22.2. The summed E-state index contributed by atoms with van der Waals surface area (Å²) >= 11 is 0. The Labute approximate surface area is 162 Å². The van der Waals surface area contributed by atoms with E-state index in [-0.39, 0.29) is 5.69 Å². The van der Waals surface area contributed by atoms with Crippen LogP contribution in [0.25, 0.3) is 39.1 Å². The average Bonchev–Trinajstić information content (AvgIpc) is 3.24. The van der Waals surface area contributed by atoms with Gasteiger partial charge in [0.2, 0.25) is 0 Å². The molecule has 3 heterocycles. The lowest BCUT2D eigenvalue weighted by Gasteiger charge is -2.27. The fourth-order valence-electron chi connectivity index (χ4n) is 4.47. The van der Waals surface area contributed by atoms with Crippen molar-refractivity contribution >= 4 is 28.0 Å². The maximum Gasteiger partial charge on any atom is 0.329 e. The second-order valence-electron chi connectivity index (χ2n) is 7.89. The third-order valence-electron chi connectivity index (χ3n) is 6.30. The normalized spacial score (nSPS) is 16.0. The summed E-state index contributed by atoms with van der Waals surface area (Å²) in [5.41, 5.74) is 7.42. The van der Waals surface area contributed by atoms with E-state index in [0.717, 1.165) is 58.0 Å². The van der Waals surface area contributed by atoms with E-state index >= 15 is 0 Å². The first-order valence-electron chi connectivity index (χ1n) is 9.86. The molecule has 28 heavy (non-hydrogen) atoms. The molecule has 138 valence electrons. The summed E-state index contributed by atoms with van der Waals surface area (Å²) < 4.78 is 3.73. The molecule has 2 aliphatic rings. The quantitative estimate of drug-likeness (QED) is 0.532. The van der Waals surface area contributed by atoms with Gasteiger partial charge in [-0.2, -0.15) is 0 Å². The van der Waals surface area contributed by atoms with Gasteiger partial charge in [-0.3, -0.25) is 19.1 Å². The highest BCUT2D eigenvalue weighted by molar-refractivity contribution is 6.04. The minimum Gasteiger partial charge on any atom is -0.293 e. The van der Waals surface area contributed by atoms with Gasteiger partial charge in [-0.1, -0.05) is 18.2 Å². The molecule has 2 aliphatic carbocycles. The number of benzene rings is 1. The van der Waals surface area contributed by atoms with Gasteiger partial charge in [-0.05, 0) is 48.6 Å². The van der Waals surface area contributed by atoms with Crippen molar-refractivity contribution in [2.75, 3.05) is 0 Å². The summed E-state index contributed by atoms with van der Waals surface area (Å²) in [6, 6.07) is 8.82. The standard InChI is InChI=1S/C23H20N4O/c1-26-21-13-25-20-9-8-14(16-10-15-4-2-7-19(15)24-12-16)11-18(20)22(21)27(23(26)28)17-5-3-6-17/h2,4,8-13,17H,3,5-7H2,1H3. The zero-order valence-corrected chi connectivity index (χ0v) is 15.7. The lowest BCUT2D eigenvalue weighted by Crippen LogP contribution is -2.29. The fourth-order valence-corrected chi connectivity index (χ4v) is 4.47. The van der Waals surface area contributed by atoms with Crippen LogP contribution in [-0.2, 0) is 13.5 Å². The zero-order valence-electron chi connectivity index (χ0n) is 15.7. The van der Waals surface area contributed by atoms with E-state index in [0.29, 0.717) is 6.04 Å². The smallest absolute Gasteiger partial charge is 0.293 e. The topological polar surface area (TPSA) is 52.7 Å². The van der Waals surface area contributed by atoms with Crippen LogP contribution in [0.5, 0.6) is 0 Å². The molecule has 0 saturated heterocycles. The highest BCUT2D eigenvalue weighted by Crippen LogP contribution is 2.36. The molecule has 3 aromatic heterocycles. The predicted octanol–water partition coefficient (Wildman–Crippen LogP) is 4.24. The van der Waals surface area contributed by atoms with E-state index in [1.807, 2.05) is 24.0 Å². The molecule has 0 amide bonds. The molecule has 0 N–H and O–H groups in total. The summed E-state index contributed by atoms with van der Waals surface area (Å²) in [7, 11) is 1.84. The Morgan fingerprint density at radius 3 is 2.79 bits per heavy atom. The monoisotopic (exact) mass is 368 g/mol. The molecular weight excluding hydrogens is 348 g/mol. The second kappa shape index (κ2) is 5.64. The van der Waals surface area contributed by atoms with Crippen molar-refractivity contribution in [2.45, 2.75) is 31.7 Å². The zero-order chi connectivity index (χ0) is 18.8. The summed E-state index contributed by atoms with van der Waals surface area (Å²) in [5.74, 6) is 0. The number of nitrogens with zero attached hydrogens (tertiary/aromatic N) is 4. The lowest BCUT2D eigenvalue weighted by atomic mass is 9.92. The molecule has 0 unspecified atom stereocenters. The molecule has 0 aliphatic heterocycles. The average molecular weight is 368 g/mol. The Balaban J connectivity index is 1.63. The van der Waals surface area contributed by atoms with Crippen molar-refractivity contribution in [1.82, 2.24) is 19.1 Å². The number of pyridine rings is 2. The van der Waals surface area contributed by atoms with Crippen molar-refractivity contribution < 1.29 is 0 Å². The third kappa shape index (κ3) is 2.10. The molecule has 6 rings (SSSR count). The van der Waals surface area contributed by atoms with Crippen LogP contribution in [0.4, 0.5) is 0 Å². The van der Waals surface area contributed by atoms with Crippen LogP contribution in [0.15, 0.2) is 47.5 Å². The molecule has 1 fully saturated rings. The van der Waals surface area contributed by atoms with Crippen LogP contribution in [0.2, 0.25) is 0 Å². The predicted molar refractivity (Wildman–Crippen MR) is 111 cm³/mol. The van der Waals surface area contributed by atoms with E-state index in [1.54, 1.807) is 4.57 Å². The van der Waals surface area contributed by atoms with Gasteiger partial charge in [0.1, 0.15) is 0 Å². The van der Waals surface area contributed by atoms with Gasteiger partial charge >= 0.3 is 5.69 Å². The number of aryl methyl sites for hydroxylation is 1. The number of imidazole rings is 1. The molecule has 0 spiro atoms. The highest BCUT2D eigenvalue weighted by atomic mass is 16.1. The first-order valence-corrected chi connectivity index (χ1v) is 9.86. The number of allylic oxidation sites excluding steroid dienone is 1. The van der Waals surface area contributed by atoms with E-state index in [1.165, 1.54) is 12.0 Å². The molecule has 0 radical (unpaired) electrons. The Morgan fingerprint density at radius 1 is 1.07 bits per heavy atom. The van der Waals surface area contributed by atoms with E-state index in [9.17, 15) is 4.79 Å². The Hall–Kier alpha value is -3.21. The maximum absolute atomic E-state index is 12.9. The van der Waals surface area contributed by atoms with E-state index in [4.69, 9.17) is 0 Å². The van der Waals surface area contributed by atoms with Gasteiger partial charge in [0.15, 0.2) is 0 Å².